The molecule has 0 radical (unpaired) electrons. The van der Waals surface area contributed by atoms with Gasteiger partial charge in [-0.25, -0.2) is 4.79 Å². The molecule has 1 atom stereocenters. The van der Waals surface area contributed by atoms with E-state index < -0.39 is 12.0 Å². The third kappa shape index (κ3) is 3.38. The van der Waals surface area contributed by atoms with Gasteiger partial charge in [0, 0.05) is 11.9 Å². The second kappa shape index (κ2) is 6.08. The van der Waals surface area contributed by atoms with Crippen molar-refractivity contribution in [3.8, 4) is 5.75 Å². The summed E-state index contributed by atoms with van der Waals surface area (Å²) in [4.78, 5) is 22.9. The van der Waals surface area contributed by atoms with Crippen LogP contribution in [0.1, 0.15) is 23.3 Å². The van der Waals surface area contributed by atoms with Gasteiger partial charge in [-0.3, -0.25) is 9.48 Å². The lowest BCUT2D eigenvalue weighted by Crippen LogP contribution is -2.24. The summed E-state index contributed by atoms with van der Waals surface area (Å²) in [7, 11) is 1.56. The second-order valence-corrected chi connectivity index (χ2v) is 4.41. The van der Waals surface area contributed by atoms with E-state index in [-0.39, 0.29) is 11.5 Å². The molecule has 2 N–H and O–H groups in total. The minimum Gasteiger partial charge on any atom is -0.497 e. The van der Waals surface area contributed by atoms with Gasteiger partial charge in [0.25, 0.3) is 0 Å². The Labute approximate surface area is 121 Å². The molecular formula is C14H15N3O4. The number of aromatic carboxylic acids is 1. The number of nitrogens with zero attached hydrogens (tertiary/aromatic N) is 2. The maximum Gasteiger partial charge on any atom is 0.338 e. The van der Waals surface area contributed by atoms with Crippen LogP contribution in [0.3, 0.4) is 0 Å². The lowest BCUT2D eigenvalue weighted by molar-refractivity contribution is -0.119. The SMILES string of the molecule is COc1ccc(NC(=O)C(C)n2cc(C(=O)O)cn2)cc1. The average Bonchev–Trinajstić information content (AvgIpc) is 2.97. The van der Waals surface area contributed by atoms with E-state index in [4.69, 9.17) is 9.84 Å². The number of carboxylic acid groups (broad SMARTS) is 1. The Bertz CT molecular complexity index is 648. The highest BCUT2D eigenvalue weighted by atomic mass is 16.5. The first-order valence-corrected chi connectivity index (χ1v) is 6.23. The lowest BCUT2D eigenvalue weighted by Gasteiger charge is -2.12. The van der Waals surface area contributed by atoms with Gasteiger partial charge in [-0.05, 0) is 31.2 Å². The van der Waals surface area contributed by atoms with Crippen LogP contribution in [0.2, 0.25) is 0 Å². The van der Waals surface area contributed by atoms with Crippen LogP contribution in [0.5, 0.6) is 5.75 Å². The summed E-state index contributed by atoms with van der Waals surface area (Å²) in [5.41, 5.74) is 0.664. The summed E-state index contributed by atoms with van der Waals surface area (Å²) in [5, 5.41) is 15.4. The van der Waals surface area contributed by atoms with Crippen LogP contribution in [0.25, 0.3) is 0 Å². The maximum atomic E-state index is 12.1. The number of carbonyl (C=O) groups excluding carboxylic acids is 1. The van der Waals surface area contributed by atoms with E-state index in [1.807, 2.05) is 0 Å². The van der Waals surface area contributed by atoms with Crippen LogP contribution in [-0.2, 0) is 4.79 Å². The summed E-state index contributed by atoms with van der Waals surface area (Å²) in [5.74, 6) is -0.677. The third-order valence-electron chi connectivity index (χ3n) is 2.98. The molecule has 0 saturated carbocycles. The van der Waals surface area contributed by atoms with Crippen molar-refractivity contribution in [3.63, 3.8) is 0 Å². The topological polar surface area (TPSA) is 93.5 Å². The van der Waals surface area contributed by atoms with E-state index in [1.54, 1.807) is 38.3 Å². The molecule has 1 aromatic carbocycles. The van der Waals surface area contributed by atoms with E-state index in [9.17, 15) is 9.59 Å². The number of methoxy groups -OCH3 is 1. The van der Waals surface area contributed by atoms with Gasteiger partial charge >= 0.3 is 5.97 Å². The summed E-state index contributed by atoms with van der Waals surface area (Å²) in [6.07, 6.45) is 2.53. The van der Waals surface area contributed by atoms with Crippen LogP contribution < -0.4 is 10.1 Å². The fraction of sp³-hybridized carbons (Fsp3) is 0.214. The Kier molecular flexibility index (Phi) is 4.22. The Morgan fingerprint density at radius 2 is 2.00 bits per heavy atom. The minimum atomic E-state index is -1.08. The molecule has 21 heavy (non-hydrogen) atoms. The van der Waals surface area contributed by atoms with Crippen molar-refractivity contribution < 1.29 is 19.4 Å². The zero-order chi connectivity index (χ0) is 15.4. The smallest absolute Gasteiger partial charge is 0.338 e. The highest BCUT2D eigenvalue weighted by molar-refractivity contribution is 5.93. The maximum absolute atomic E-state index is 12.1. The molecule has 0 bridgehead atoms. The van der Waals surface area contributed by atoms with Gasteiger partial charge < -0.3 is 15.2 Å². The molecule has 2 aromatic rings. The van der Waals surface area contributed by atoms with Crippen molar-refractivity contribution >= 4 is 17.6 Å². The van der Waals surface area contributed by atoms with Gasteiger partial charge in [-0.2, -0.15) is 5.10 Å². The van der Waals surface area contributed by atoms with Crippen molar-refractivity contribution in [1.29, 1.82) is 0 Å². The molecule has 0 aliphatic rings. The van der Waals surface area contributed by atoms with Crippen molar-refractivity contribution in [1.82, 2.24) is 9.78 Å². The number of carboxylic acids is 1. The number of anilines is 1. The molecule has 0 aliphatic heterocycles. The fourth-order valence-electron chi connectivity index (χ4n) is 1.70. The molecular weight excluding hydrogens is 274 g/mol. The zero-order valence-electron chi connectivity index (χ0n) is 11.6. The molecule has 1 aromatic heterocycles. The number of hydrogen-bond acceptors (Lipinski definition) is 4. The highest BCUT2D eigenvalue weighted by Gasteiger charge is 2.17. The molecule has 0 spiro atoms. The lowest BCUT2D eigenvalue weighted by atomic mass is 10.2. The Morgan fingerprint density at radius 1 is 1.33 bits per heavy atom. The van der Waals surface area contributed by atoms with Crippen molar-refractivity contribution in [3.05, 3.63) is 42.2 Å². The van der Waals surface area contributed by atoms with Gasteiger partial charge in [0.15, 0.2) is 0 Å². The van der Waals surface area contributed by atoms with E-state index in [1.165, 1.54) is 17.1 Å². The number of rotatable bonds is 5. The molecule has 7 heteroatoms. The first-order valence-electron chi connectivity index (χ1n) is 6.23. The Balaban J connectivity index is 2.05. The highest BCUT2D eigenvalue weighted by Crippen LogP contribution is 2.16. The summed E-state index contributed by atoms with van der Waals surface area (Å²) in [6.45, 7) is 1.64. The number of ether oxygens (including phenoxy) is 1. The van der Waals surface area contributed by atoms with E-state index in [2.05, 4.69) is 10.4 Å². The molecule has 1 amide bonds. The Morgan fingerprint density at radius 3 is 2.52 bits per heavy atom. The molecule has 1 unspecified atom stereocenters. The predicted octanol–water partition coefficient (Wildman–Crippen LogP) is 1.79. The molecule has 7 nitrogen and oxygen atoms in total. The van der Waals surface area contributed by atoms with Crippen LogP contribution in [0.15, 0.2) is 36.7 Å². The normalized spacial score (nSPS) is 11.7. The quantitative estimate of drug-likeness (QED) is 0.875. The van der Waals surface area contributed by atoms with Gasteiger partial charge in [-0.15, -0.1) is 0 Å². The van der Waals surface area contributed by atoms with Crippen molar-refractivity contribution in [2.75, 3.05) is 12.4 Å². The monoisotopic (exact) mass is 289 g/mol. The van der Waals surface area contributed by atoms with Crippen LogP contribution in [0.4, 0.5) is 5.69 Å². The number of carbonyl (C=O) groups is 2. The summed E-state index contributed by atoms with van der Waals surface area (Å²) in [6, 6.07) is 6.28. The van der Waals surface area contributed by atoms with E-state index in [0.717, 1.165) is 0 Å². The standard InChI is InChI=1S/C14H15N3O4/c1-9(17-8-10(7-15-17)14(19)20)13(18)16-11-3-5-12(21-2)6-4-11/h3-9H,1-2H3,(H,16,18)(H,19,20). The average molecular weight is 289 g/mol. The number of aromatic nitrogens is 2. The van der Waals surface area contributed by atoms with Crippen LogP contribution in [0, 0.1) is 0 Å². The molecule has 2 rings (SSSR count). The third-order valence-corrected chi connectivity index (χ3v) is 2.98. The number of amides is 1. The molecule has 0 aliphatic carbocycles. The number of benzene rings is 1. The summed E-state index contributed by atoms with van der Waals surface area (Å²) < 4.78 is 6.34. The largest absolute Gasteiger partial charge is 0.497 e. The predicted molar refractivity (Wildman–Crippen MR) is 75.5 cm³/mol. The summed E-state index contributed by atoms with van der Waals surface area (Å²) >= 11 is 0. The second-order valence-electron chi connectivity index (χ2n) is 4.41. The van der Waals surface area contributed by atoms with E-state index in [0.29, 0.717) is 11.4 Å². The molecule has 1 heterocycles. The first-order chi connectivity index (χ1) is 10.0. The molecule has 0 saturated heterocycles. The Hall–Kier alpha value is -2.83. The van der Waals surface area contributed by atoms with Gasteiger partial charge in [0.2, 0.25) is 5.91 Å². The molecule has 110 valence electrons. The number of nitrogens with one attached hydrogen (secondary N) is 1. The van der Waals surface area contributed by atoms with E-state index >= 15 is 0 Å². The van der Waals surface area contributed by atoms with Gasteiger partial charge in [0.05, 0.1) is 18.9 Å². The van der Waals surface area contributed by atoms with Gasteiger partial charge in [0.1, 0.15) is 11.8 Å². The van der Waals surface area contributed by atoms with Gasteiger partial charge in [-0.1, -0.05) is 0 Å². The fourth-order valence-corrected chi connectivity index (χ4v) is 1.70. The van der Waals surface area contributed by atoms with Crippen LogP contribution in [-0.4, -0.2) is 33.9 Å². The zero-order valence-corrected chi connectivity index (χ0v) is 11.6. The first kappa shape index (κ1) is 14.6. The number of hydrogen-bond donors (Lipinski definition) is 2. The van der Waals surface area contributed by atoms with Crippen molar-refractivity contribution in [2.45, 2.75) is 13.0 Å². The van der Waals surface area contributed by atoms with Crippen LogP contribution >= 0.6 is 0 Å². The molecule has 0 fully saturated rings. The minimum absolute atomic E-state index is 0.0408. The van der Waals surface area contributed by atoms with Crippen molar-refractivity contribution in [2.24, 2.45) is 0 Å².